The van der Waals surface area contributed by atoms with Crippen molar-refractivity contribution in [3.63, 3.8) is 0 Å². The molecular formula is C28H29BrCl2N2O3. The second kappa shape index (κ2) is 13.1. The highest BCUT2D eigenvalue weighted by atomic mass is 79.9. The summed E-state index contributed by atoms with van der Waals surface area (Å²) in [6.45, 7) is 6.19. The first-order valence-electron chi connectivity index (χ1n) is 11.6. The molecule has 0 bridgehead atoms. The van der Waals surface area contributed by atoms with Gasteiger partial charge in [-0.15, -0.1) is 0 Å². The maximum Gasteiger partial charge on any atom is 0.261 e. The second-order valence-corrected chi connectivity index (χ2v) is 10.1. The molecule has 1 N–H and O–H groups in total. The molecule has 0 fully saturated rings. The van der Waals surface area contributed by atoms with Crippen molar-refractivity contribution in [2.75, 3.05) is 13.2 Å². The fourth-order valence-corrected chi connectivity index (χ4v) is 4.45. The van der Waals surface area contributed by atoms with Gasteiger partial charge < -0.3 is 15.0 Å². The third kappa shape index (κ3) is 7.48. The molecule has 0 aliphatic heterocycles. The van der Waals surface area contributed by atoms with Gasteiger partial charge in [0.1, 0.15) is 11.8 Å². The molecule has 3 aromatic rings. The van der Waals surface area contributed by atoms with E-state index in [2.05, 4.69) is 21.2 Å². The number of carbonyl (C=O) groups is 2. The van der Waals surface area contributed by atoms with Gasteiger partial charge in [-0.1, -0.05) is 75.5 Å². The highest BCUT2D eigenvalue weighted by Crippen LogP contribution is 2.27. The molecule has 0 saturated heterocycles. The maximum atomic E-state index is 13.6. The molecule has 0 saturated carbocycles. The van der Waals surface area contributed by atoms with Crippen LogP contribution >= 0.6 is 39.1 Å². The van der Waals surface area contributed by atoms with Crippen molar-refractivity contribution in [3.8, 4) is 5.75 Å². The van der Waals surface area contributed by atoms with Crippen molar-refractivity contribution in [1.82, 2.24) is 10.2 Å². The van der Waals surface area contributed by atoms with Gasteiger partial charge in [-0.25, -0.2) is 0 Å². The van der Waals surface area contributed by atoms with E-state index in [1.165, 1.54) is 0 Å². The van der Waals surface area contributed by atoms with Crippen molar-refractivity contribution < 1.29 is 14.3 Å². The standard InChI is InChI=1S/C28H29BrCl2N2O3/c1-4-32-28(35)25(15-20-8-6-5-7-9-20)33(16-21-10-11-23(30)24(31)14-21)26(34)17-36-22-12-18(2)27(29)19(3)13-22/h5-14,25H,4,15-17H2,1-3H3,(H,32,35)/t25-/m1/s1. The molecule has 3 rings (SSSR count). The summed E-state index contributed by atoms with van der Waals surface area (Å²) < 4.78 is 6.90. The fraction of sp³-hybridized carbons (Fsp3) is 0.286. The monoisotopic (exact) mass is 590 g/mol. The van der Waals surface area contributed by atoms with Gasteiger partial charge in [0.2, 0.25) is 5.91 Å². The predicted octanol–water partition coefficient (Wildman–Crippen LogP) is 6.53. The van der Waals surface area contributed by atoms with Crippen molar-refractivity contribution in [3.05, 3.63) is 97.4 Å². The number of nitrogens with one attached hydrogen (secondary N) is 1. The Kier molecular flexibility index (Phi) is 10.2. The van der Waals surface area contributed by atoms with Crippen LogP contribution in [-0.2, 0) is 22.6 Å². The number of nitrogens with zero attached hydrogens (tertiary/aromatic N) is 1. The van der Waals surface area contributed by atoms with E-state index in [9.17, 15) is 9.59 Å². The number of rotatable bonds is 10. The zero-order chi connectivity index (χ0) is 26.2. The summed E-state index contributed by atoms with van der Waals surface area (Å²) in [6.07, 6.45) is 0.357. The normalized spacial score (nSPS) is 11.6. The van der Waals surface area contributed by atoms with Crippen LogP contribution in [0.15, 0.2) is 65.1 Å². The van der Waals surface area contributed by atoms with Gasteiger partial charge in [-0.3, -0.25) is 9.59 Å². The number of hydrogen-bond donors (Lipinski definition) is 1. The largest absolute Gasteiger partial charge is 0.484 e. The Bertz CT molecular complexity index is 1200. The van der Waals surface area contributed by atoms with Crippen LogP contribution in [0.5, 0.6) is 5.75 Å². The van der Waals surface area contributed by atoms with Crippen LogP contribution in [0.3, 0.4) is 0 Å². The number of amides is 2. The molecule has 0 aliphatic rings. The lowest BCUT2D eigenvalue weighted by atomic mass is 10.0. The van der Waals surface area contributed by atoms with Crippen LogP contribution in [0, 0.1) is 13.8 Å². The Balaban J connectivity index is 1.92. The Morgan fingerprint density at radius 3 is 2.25 bits per heavy atom. The molecule has 3 aromatic carbocycles. The van der Waals surface area contributed by atoms with Gasteiger partial charge in [-0.2, -0.15) is 0 Å². The van der Waals surface area contributed by atoms with E-state index in [-0.39, 0.29) is 25.0 Å². The van der Waals surface area contributed by atoms with E-state index in [0.717, 1.165) is 26.7 Å². The van der Waals surface area contributed by atoms with Gasteiger partial charge in [0, 0.05) is 24.0 Å². The summed E-state index contributed by atoms with van der Waals surface area (Å²) in [7, 11) is 0. The minimum atomic E-state index is -0.744. The molecule has 1 atom stereocenters. The molecule has 0 aromatic heterocycles. The molecule has 190 valence electrons. The number of carbonyl (C=O) groups excluding carboxylic acids is 2. The van der Waals surface area contributed by atoms with Gasteiger partial charge in [0.05, 0.1) is 10.0 Å². The van der Waals surface area contributed by atoms with E-state index in [1.54, 1.807) is 23.1 Å². The van der Waals surface area contributed by atoms with Crippen LogP contribution in [0.4, 0.5) is 0 Å². The van der Waals surface area contributed by atoms with E-state index >= 15 is 0 Å². The number of hydrogen-bond acceptors (Lipinski definition) is 3. The lowest BCUT2D eigenvalue weighted by molar-refractivity contribution is -0.142. The molecular weight excluding hydrogens is 563 g/mol. The first-order valence-corrected chi connectivity index (χ1v) is 13.2. The lowest BCUT2D eigenvalue weighted by Gasteiger charge is -2.31. The van der Waals surface area contributed by atoms with Crippen molar-refractivity contribution in [2.45, 2.75) is 39.8 Å². The average Bonchev–Trinajstić information content (AvgIpc) is 2.86. The third-order valence-electron chi connectivity index (χ3n) is 5.73. The number of benzene rings is 3. The van der Waals surface area contributed by atoms with E-state index in [1.807, 2.05) is 63.2 Å². The van der Waals surface area contributed by atoms with Crippen molar-refractivity contribution >= 4 is 50.9 Å². The van der Waals surface area contributed by atoms with Gasteiger partial charge >= 0.3 is 0 Å². The molecule has 5 nitrogen and oxygen atoms in total. The molecule has 8 heteroatoms. The van der Waals surface area contributed by atoms with Crippen LogP contribution in [-0.4, -0.2) is 35.9 Å². The average molecular weight is 592 g/mol. The molecule has 2 amide bonds. The zero-order valence-corrected chi connectivity index (χ0v) is 23.6. The Hall–Kier alpha value is -2.54. The SMILES string of the molecule is CCNC(=O)[C@@H](Cc1ccccc1)N(Cc1ccc(Cl)c(Cl)c1)C(=O)COc1cc(C)c(Br)c(C)c1. The number of aryl methyl sites for hydroxylation is 2. The Morgan fingerprint density at radius 1 is 0.972 bits per heavy atom. The molecule has 0 heterocycles. The van der Waals surface area contributed by atoms with Crippen LogP contribution in [0.1, 0.15) is 29.2 Å². The maximum absolute atomic E-state index is 13.6. The summed E-state index contributed by atoms with van der Waals surface area (Å²) >= 11 is 15.9. The van der Waals surface area contributed by atoms with Gasteiger partial charge in [-0.05, 0) is 67.3 Å². The summed E-state index contributed by atoms with van der Waals surface area (Å²) in [6, 6.07) is 17.8. The molecule has 0 unspecified atom stereocenters. The first kappa shape index (κ1) is 28.0. The minimum Gasteiger partial charge on any atom is -0.484 e. The summed E-state index contributed by atoms with van der Waals surface area (Å²) in [5, 5.41) is 3.69. The molecule has 0 aliphatic carbocycles. The summed E-state index contributed by atoms with van der Waals surface area (Å²) in [5.41, 5.74) is 3.72. The smallest absolute Gasteiger partial charge is 0.261 e. The minimum absolute atomic E-state index is 0.173. The zero-order valence-electron chi connectivity index (χ0n) is 20.5. The predicted molar refractivity (Wildman–Crippen MR) is 149 cm³/mol. The van der Waals surface area contributed by atoms with Gasteiger partial charge in [0.25, 0.3) is 5.91 Å². The highest BCUT2D eigenvalue weighted by molar-refractivity contribution is 9.10. The van der Waals surface area contributed by atoms with Crippen molar-refractivity contribution in [2.24, 2.45) is 0 Å². The Labute approximate surface area is 230 Å². The van der Waals surface area contributed by atoms with Gasteiger partial charge in [0.15, 0.2) is 6.61 Å². The van der Waals surface area contributed by atoms with E-state index in [0.29, 0.717) is 28.8 Å². The lowest BCUT2D eigenvalue weighted by Crippen LogP contribution is -2.51. The summed E-state index contributed by atoms with van der Waals surface area (Å²) in [5.74, 6) is 0.0465. The first-order chi connectivity index (χ1) is 17.2. The van der Waals surface area contributed by atoms with Crippen molar-refractivity contribution in [1.29, 1.82) is 0 Å². The molecule has 0 spiro atoms. The molecule has 0 radical (unpaired) electrons. The van der Waals surface area contributed by atoms with E-state index in [4.69, 9.17) is 27.9 Å². The second-order valence-electron chi connectivity index (χ2n) is 8.53. The quantitative estimate of drug-likeness (QED) is 0.292. The number of ether oxygens (including phenoxy) is 1. The highest BCUT2D eigenvalue weighted by Gasteiger charge is 2.30. The van der Waals surface area contributed by atoms with Crippen LogP contribution in [0.2, 0.25) is 10.0 Å². The van der Waals surface area contributed by atoms with Crippen LogP contribution in [0.25, 0.3) is 0 Å². The number of halogens is 3. The third-order valence-corrected chi connectivity index (χ3v) is 7.72. The number of likely N-dealkylation sites (N-methyl/N-ethyl adjacent to an activating group) is 1. The fourth-order valence-electron chi connectivity index (χ4n) is 3.90. The van der Waals surface area contributed by atoms with E-state index < -0.39 is 6.04 Å². The molecule has 36 heavy (non-hydrogen) atoms. The Morgan fingerprint density at radius 2 is 1.64 bits per heavy atom. The topological polar surface area (TPSA) is 58.6 Å². The van der Waals surface area contributed by atoms with Crippen LogP contribution < -0.4 is 10.1 Å². The summed E-state index contributed by atoms with van der Waals surface area (Å²) in [4.78, 5) is 28.4.